The summed E-state index contributed by atoms with van der Waals surface area (Å²) in [6.45, 7) is 0. The minimum absolute atomic E-state index is 1.03. The lowest BCUT2D eigenvalue weighted by molar-refractivity contribution is 1.28. The third-order valence-corrected chi connectivity index (χ3v) is 7.42. The van der Waals surface area contributed by atoms with E-state index in [4.69, 9.17) is 0 Å². The fraction of sp³-hybridized carbons (Fsp3) is 0. The molecule has 0 saturated carbocycles. The highest BCUT2D eigenvalue weighted by molar-refractivity contribution is 7.99. The van der Waals surface area contributed by atoms with Gasteiger partial charge in [-0.15, -0.1) is 0 Å². The zero-order valence-corrected chi connectivity index (χ0v) is 22.3. The lowest BCUT2D eigenvalue weighted by atomic mass is 10.0. The van der Waals surface area contributed by atoms with Crippen LogP contribution in [-0.2, 0) is 0 Å². The first-order valence-electron chi connectivity index (χ1n) is 13.0. The van der Waals surface area contributed by atoms with Crippen LogP contribution in [0.5, 0.6) is 0 Å². The molecular formula is C36H28N2S. The van der Waals surface area contributed by atoms with Crippen molar-refractivity contribution in [1.29, 1.82) is 0 Å². The molecule has 6 rings (SSSR count). The molecule has 0 bridgehead atoms. The lowest BCUT2D eigenvalue weighted by Gasteiger charge is -2.28. The maximum absolute atomic E-state index is 3.77. The second-order valence-corrected chi connectivity index (χ2v) is 10.3. The van der Waals surface area contributed by atoms with Crippen LogP contribution in [0, 0.1) is 0 Å². The van der Waals surface area contributed by atoms with Gasteiger partial charge in [0.1, 0.15) is 0 Å². The molecule has 0 spiro atoms. The molecule has 0 amide bonds. The van der Waals surface area contributed by atoms with E-state index in [2.05, 4.69) is 174 Å². The number of rotatable bonds is 8. The molecule has 6 aromatic carbocycles. The quantitative estimate of drug-likeness (QED) is 0.215. The van der Waals surface area contributed by atoms with Gasteiger partial charge in [-0.05, 0) is 77.9 Å². The van der Waals surface area contributed by atoms with Crippen LogP contribution in [0.3, 0.4) is 0 Å². The molecule has 188 valence electrons. The summed E-state index contributed by atoms with van der Waals surface area (Å²) in [5.41, 5.74) is 7.75. The summed E-state index contributed by atoms with van der Waals surface area (Å²) in [4.78, 5) is 4.70. The first kappa shape index (κ1) is 24.6. The molecule has 0 aliphatic rings. The SMILES string of the molecule is c1ccc(Sc2cc(Nc3ccccc3N(c3ccccc3)c3ccccc3)cc(-c3ccccc3)c2)cc1. The summed E-state index contributed by atoms with van der Waals surface area (Å²) in [5.74, 6) is 0. The van der Waals surface area contributed by atoms with Crippen molar-refractivity contribution in [3.05, 3.63) is 164 Å². The van der Waals surface area contributed by atoms with Gasteiger partial charge in [0.05, 0.1) is 11.4 Å². The van der Waals surface area contributed by atoms with E-state index in [9.17, 15) is 0 Å². The maximum atomic E-state index is 3.77. The molecule has 0 aliphatic carbocycles. The Morgan fingerprint density at radius 2 is 0.974 bits per heavy atom. The molecule has 1 N–H and O–H groups in total. The zero-order chi connectivity index (χ0) is 26.3. The average Bonchev–Trinajstić information content (AvgIpc) is 3.00. The number of para-hydroxylation sites is 4. The number of benzene rings is 6. The minimum Gasteiger partial charge on any atom is -0.354 e. The first-order valence-corrected chi connectivity index (χ1v) is 13.8. The zero-order valence-electron chi connectivity index (χ0n) is 21.4. The van der Waals surface area contributed by atoms with Crippen molar-refractivity contribution in [2.75, 3.05) is 10.2 Å². The van der Waals surface area contributed by atoms with Crippen molar-refractivity contribution in [1.82, 2.24) is 0 Å². The molecule has 0 unspecified atom stereocenters. The Bertz CT molecular complexity index is 1600. The summed E-state index contributed by atoms with van der Waals surface area (Å²) in [6, 6.07) is 57.3. The second kappa shape index (κ2) is 11.8. The Labute approximate surface area is 234 Å². The van der Waals surface area contributed by atoms with Gasteiger partial charge in [0.15, 0.2) is 0 Å². The van der Waals surface area contributed by atoms with Crippen LogP contribution >= 0.6 is 11.8 Å². The average molecular weight is 521 g/mol. The highest BCUT2D eigenvalue weighted by Crippen LogP contribution is 2.41. The predicted octanol–water partition coefficient (Wildman–Crippen LogP) is 10.7. The van der Waals surface area contributed by atoms with Gasteiger partial charge >= 0.3 is 0 Å². The van der Waals surface area contributed by atoms with Crippen LogP contribution in [0.4, 0.5) is 28.4 Å². The summed E-state index contributed by atoms with van der Waals surface area (Å²) in [6.07, 6.45) is 0. The highest BCUT2D eigenvalue weighted by atomic mass is 32.2. The van der Waals surface area contributed by atoms with Gasteiger partial charge < -0.3 is 10.2 Å². The molecule has 2 nitrogen and oxygen atoms in total. The molecule has 0 radical (unpaired) electrons. The van der Waals surface area contributed by atoms with E-state index in [1.54, 1.807) is 11.8 Å². The number of nitrogens with zero attached hydrogens (tertiary/aromatic N) is 1. The summed E-state index contributed by atoms with van der Waals surface area (Å²) >= 11 is 1.77. The number of hydrogen-bond acceptors (Lipinski definition) is 3. The molecule has 0 heterocycles. The van der Waals surface area contributed by atoms with Gasteiger partial charge in [0.25, 0.3) is 0 Å². The molecule has 3 heteroatoms. The third-order valence-electron chi connectivity index (χ3n) is 6.45. The van der Waals surface area contributed by atoms with Gasteiger partial charge in [-0.2, -0.15) is 0 Å². The number of nitrogens with one attached hydrogen (secondary N) is 1. The third kappa shape index (κ3) is 5.90. The molecule has 0 aliphatic heterocycles. The molecule has 39 heavy (non-hydrogen) atoms. The van der Waals surface area contributed by atoms with Crippen molar-refractivity contribution in [3.63, 3.8) is 0 Å². The molecule has 6 aromatic rings. The monoisotopic (exact) mass is 520 g/mol. The van der Waals surface area contributed by atoms with Gasteiger partial charge in [0, 0.05) is 26.9 Å². The first-order chi connectivity index (χ1) is 19.3. The van der Waals surface area contributed by atoms with Crippen LogP contribution in [0.2, 0.25) is 0 Å². The maximum Gasteiger partial charge on any atom is 0.0696 e. The van der Waals surface area contributed by atoms with Crippen molar-refractivity contribution in [3.8, 4) is 11.1 Å². The van der Waals surface area contributed by atoms with E-state index in [1.807, 2.05) is 0 Å². The molecule has 0 fully saturated rings. The topological polar surface area (TPSA) is 15.3 Å². The fourth-order valence-electron chi connectivity index (χ4n) is 4.66. The highest BCUT2D eigenvalue weighted by Gasteiger charge is 2.16. The standard InChI is InChI=1S/C36H28N2S/c1-5-15-28(16-6-1)29-25-30(27-34(26-29)39-33-21-11-4-12-22-33)37-35-23-13-14-24-36(35)38(31-17-7-2-8-18-31)32-19-9-3-10-20-32/h1-27,37H. The Kier molecular flexibility index (Phi) is 7.42. The van der Waals surface area contributed by atoms with Gasteiger partial charge in [-0.1, -0.05) is 109 Å². The van der Waals surface area contributed by atoms with E-state index in [0.717, 1.165) is 28.4 Å². The Balaban J connectivity index is 1.43. The van der Waals surface area contributed by atoms with E-state index in [-0.39, 0.29) is 0 Å². The summed E-state index contributed by atoms with van der Waals surface area (Å²) in [5, 5.41) is 3.77. The van der Waals surface area contributed by atoms with Crippen LogP contribution in [0.25, 0.3) is 11.1 Å². The van der Waals surface area contributed by atoms with Crippen molar-refractivity contribution < 1.29 is 0 Å². The smallest absolute Gasteiger partial charge is 0.0696 e. The normalized spacial score (nSPS) is 10.7. The van der Waals surface area contributed by atoms with Gasteiger partial charge in [-0.3, -0.25) is 0 Å². The molecule has 0 saturated heterocycles. The van der Waals surface area contributed by atoms with Gasteiger partial charge in [-0.25, -0.2) is 0 Å². The van der Waals surface area contributed by atoms with E-state index < -0.39 is 0 Å². The van der Waals surface area contributed by atoms with Crippen LogP contribution in [-0.4, -0.2) is 0 Å². The van der Waals surface area contributed by atoms with Crippen LogP contribution in [0.15, 0.2) is 174 Å². The minimum atomic E-state index is 1.03. The molecular weight excluding hydrogens is 492 g/mol. The lowest BCUT2D eigenvalue weighted by Crippen LogP contribution is -2.11. The number of hydrogen-bond donors (Lipinski definition) is 1. The van der Waals surface area contributed by atoms with Crippen molar-refractivity contribution in [2.24, 2.45) is 0 Å². The van der Waals surface area contributed by atoms with Crippen LogP contribution in [0.1, 0.15) is 0 Å². The van der Waals surface area contributed by atoms with E-state index >= 15 is 0 Å². The Morgan fingerprint density at radius 1 is 0.436 bits per heavy atom. The summed E-state index contributed by atoms with van der Waals surface area (Å²) < 4.78 is 0. The fourth-order valence-corrected chi connectivity index (χ4v) is 5.60. The van der Waals surface area contributed by atoms with Gasteiger partial charge in [0.2, 0.25) is 0 Å². The van der Waals surface area contributed by atoms with E-state index in [0.29, 0.717) is 0 Å². The largest absolute Gasteiger partial charge is 0.354 e. The number of anilines is 5. The Hall–Kier alpha value is -4.73. The second-order valence-electron chi connectivity index (χ2n) is 9.18. The Morgan fingerprint density at radius 3 is 1.62 bits per heavy atom. The van der Waals surface area contributed by atoms with Crippen molar-refractivity contribution >= 4 is 40.2 Å². The summed E-state index contributed by atoms with van der Waals surface area (Å²) in [7, 11) is 0. The van der Waals surface area contributed by atoms with Crippen LogP contribution < -0.4 is 10.2 Å². The molecule has 0 aromatic heterocycles. The van der Waals surface area contributed by atoms with Crippen molar-refractivity contribution in [2.45, 2.75) is 9.79 Å². The van der Waals surface area contributed by atoms with E-state index in [1.165, 1.54) is 20.9 Å². The molecule has 0 atom stereocenters. The predicted molar refractivity (Wildman–Crippen MR) is 167 cm³/mol.